The number of nitrogens with one attached hydrogen (secondary N) is 1. The van der Waals surface area contributed by atoms with Gasteiger partial charge < -0.3 is 10.1 Å². The van der Waals surface area contributed by atoms with Gasteiger partial charge in [0.1, 0.15) is 17.4 Å². The quantitative estimate of drug-likeness (QED) is 0.416. The number of halogens is 5. The highest BCUT2D eigenvalue weighted by atomic mass is 19.4. The van der Waals surface area contributed by atoms with E-state index in [2.05, 4.69) is 10.3 Å². The zero-order valence-corrected chi connectivity index (χ0v) is 16.4. The van der Waals surface area contributed by atoms with Crippen molar-refractivity contribution in [1.82, 2.24) is 9.55 Å². The van der Waals surface area contributed by atoms with Crippen LogP contribution in [-0.2, 0) is 6.18 Å². The van der Waals surface area contributed by atoms with E-state index in [4.69, 9.17) is 4.74 Å². The fraction of sp³-hybridized carbons (Fsp3) is 0.0909. The first-order valence-corrected chi connectivity index (χ1v) is 9.18. The van der Waals surface area contributed by atoms with Crippen LogP contribution in [0.2, 0.25) is 0 Å². The van der Waals surface area contributed by atoms with E-state index in [1.54, 1.807) is 0 Å². The number of fused-ring (bicyclic) bond motifs is 1. The number of nitrogens with zero attached hydrogens (tertiary/aromatic N) is 2. The van der Waals surface area contributed by atoms with Crippen LogP contribution in [0.3, 0.4) is 0 Å². The highest BCUT2D eigenvalue weighted by Crippen LogP contribution is 2.35. The Balaban J connectivity index is 1.70. The van der Waals surface area contributed by atoms with E-state index in [0.717, 1.165) is 22.8 Å². The number of anilines is 1. The second-order valence-electron chi connectivity index (χ2n) is 6.75. The third kappa shape index (κ3) is 3.98. The summed E-state index contributed by atoms with van der Waals surface area (Å²) in [6, 6.07) is 12.2. The van der Waals surface area contributed by atoms with Crippen LogP contribution >= 0.6 is 0 Å². The molecule has 164 valence electrons. The summed E-state index contributed by atoms with van der Waals surface area (Å²) in [5, 5.41) is 2.39. The lowest BCUT2D eigenvalue weighted by Crippen LogP contribution is -2.15. The first-order chi connectivity index (χ1) is 15.2. The molecular formula is C22H14F5N3O2. The van der Waals surface area contributed by atoms with Crippen molar-refractivity contribution in [3.63, 3.8) is 0 Å². The van der Waals surface area contributed by atoms with Gasteiger partial charge in [-0.15, -0.1) is 0 Å². The molecule has 1 heterocycles. The van der Waals surface area contributed by atoms with Crippen LogP contribution in [0.5, 0.6) is 5.75 Å². The molecule has 0 fully saturated rings. The molecule has 10 heteroatoms. The summed E-state index contributed by atoms with van der Waals surface area (Å²) in [5.41, 5.74) is 0.123. The SMILES string of the molecule is COc1ccc2c(c1)nc(C(F)(F)F)n2-c1ccc(NC(=O)c2cc(F)ccc2F)cc1. The van der Waals surface area contributed by atoms with Gasteiger partial charge in [-0.1, -0.05) is 0 Å². The first kappa shape index (κ1) is 21.3. The Bertz CT molecular complexity index is 1310. The Morgan fingerprint density at radius 1 is 1.00 bits per heavy atom. The summed E-state index contributed by atoms with van der Waals surface area (Å²) in [6.07, 6.45) is -4.73. The number of alkyl halides is 3. The van der Waals surface area contributed by atoms with E-state index in [1.165, 1.54) is 49.6 Å². The largest absolute Gasteiger partial charge is 0.497 e. The number of aromatic nitrogens is 2. The van der Waals surface area contributed by atoms with Gasteiger partial charge in [-0.2, -0.15) is 13.2 Å². The molecule has 0 aliphatic carbocycles. The van der Waals surface area contributed by atoms with Gasteiger partial charge in [0, 0.05) is 17.4 Å². The lowest BCUT2D eigenvalue weighted by atomic mass is 10.2. The van der Waals surface area contributed by atoms with Crippen molar-refractivity contribution in [2.24, 2.45) is 0 Å². The zero-order valence-electron chi connectivity index (χ0n) is 16.4. The lowest BCUT2D eigenvalue weighted by Gasteiger charge is -2.13. The average Bonchev–Trinajstić information content (AvgIpc) is 3.15. The molecule has 0 radical (unpaired) electrons. The smallest absolute Gasteiger partial charge is 0.450 e. The molecule has 0 spiro atoms. The molecule has 4 aromatic rings. The van der Waals surface area contributed by atoms with E-state index in [1.807, 2.05) is 0 Å². The van der Waals surface area contributed by atoms with Crippen LogP contribution in [0.15, 0.2) is 60.7 Å². The summed E-state index contributed by atoms with van der Waals surface area (Å²) in [6.45, 7) is 0. The number of carbonyl (C=O) groups excluding carboxylic acids is 1. The number of rotatable bonds is 4. The topological polar surface area (TPSA) is 56.1 Å². The minimum atomic E-state index is -4.73. The molecule has 0 saturated carbocycles. The molecule has 1 N–H and O–H groups in total. The normalized spacial score (nSPS) is 11.6. The van der Waals surface area contributed by atoms with Crippen molar-refractivity contribution >= 4 is 22.6 Å². The van der Waals surface area contributed by atoms with Crippen molar-refractivity contribution < 1.29 is 31.5 Å². The maximum atomic E-state index is 13.8. The van der Waals surface area contributed by atoms with Crippen LogP contribution in [-0.4, -0.2) is 22.6 Å². The number of ether oxygens (including phenoxy) is 1. The highest BCUT2D eigenvalue weighted by molar-refractivity contribution is 6.04. The fourth-order valence-corrected chi connectivity index (χ4v) is 3.20. The number of benzene rings is 3. The van der Waals surface area contributed by atoms with E-state index in [0.29, 0.717) is 5.75 Å². The Hall–Kier alpha value is -3.95. The third-order valence-corrected chi connectivity index (χ3v) is 4.67. The molecule has 3 aromatic carbocycles. The van der Waals surface area contributed by atoms with E-state index in [-0.39, 0.29) is 22.4 Å². The van der Waals surface area contributed by atoms with Crippen molar-refractivity contribution in [3.05, 3.63) is 83.7 Å². The van der Waals surface area contributed by atoms with Crippen molar-refractivity contribution in [2.45, 2.75) is 6.18 Å². The molecule has 1 amide bonds. The Labute approximate surface area is 178 Å². The second-order valence-corrected chi connectivity index (χ2v) is 6.75. The zero-order chi connectivity index (χ0) is 23.0. The van der Waals surface area contributed by atoms with Crippen molar-refractivity contribution in [2.75, 3.05) is 12.4 Å². The highest BCUT2D eigenvalue weighted by Gasteiger charge is 2.38. The van der Waals surface area contributed by atoms with Crippen LogP contribution in [0.1, 0.15) is 16.2 Å². The summed E-state index contributed by atoms with van der Waals surface area (Å²) < 4.78 is 74.0. The Morgan fingerprint density at radius 2 is 1.72 bits per heavy atom. The molecule has 5 nitrogen and oxygen atoms in total. The maximum absolute atomic E-state index is 13.8. The number of imidazole rings is 1. The van der Waals surface area contributed by atoms with E-state index < -0.39 is 35.1 Å². The van der Waals surface area contributed by atoms with Crippen LogP contribution < -0.4 is 10.1 Å². The number of methoxy groups -OCH3 is 1. The molecule has 0 aliphatic rings. The van der Waals surface area contributed by atoms with Crippen molar-refractivity contribution in [1.29, 1.82) is 0 Å². The van der Waals surface area contributed by atoms with E-state index in [9.17, 15) is 26.7 Å². The van der Waals surface area contributed by atoms with Gasteiger partial charge in [0.2, 0.25) is 5.82 Å². The summed E-state index contributed by atoms with van der Waals surface area (Å²) in [5.74, 6) is -3.35. The van der Waals surface area contributed by atoms with Crippen LogP contribution in [0.4, 0.5) is 27.6 Å². The summed E-state index contributed by atoms with van der Waals surface area (Å²) in [7, 11) is 1.39. The number of carbonyl (C=O) groups is 1. The maximum Gasteiger partial charge on any atom is 0.450 e. The predicted molar refractivity (Wildman–Crippen MR) is 107 cm³/mol. The molecule has 0 unspecified atom stereocenters. The van der Waals surface area contributed by atoms with Gasteiger partial charge in [-0.25, -0.2) is 13.8 Å². The van der Waals surface area contributed by atoms with Crippen LogP contribution in [0, 0.1) is 11.6 Å². The van der Waals surface area contributed by atoms with Gasteiger partial charge in [0.05, 0.1) is 23.7 Å². The molecule has 0 aliphatic heterocycles. The van der Waals surface area contributed by atoms with Crippen molar-refractivity contribution in [3.8, 4) is 11.4 Å². The minimum Gasteiger partial charge on any atom is -0.497 e. The molecule has 4 rings (SSSR count). The summed E-state index contributed by atoms with van der Waals surface area (Å²) in [4.78, 5) is 15.9. The van der Waals surface area contributed by atoms with Gasteiger partial charge >= 0.3 is 6.18 Å². The van der Waals surface area contributed by atoms with Gasteiger partial charge in [-0.3, -0.25) is 9.36 Å². The fourth-order valence-electron chi connectivity index (χ4n) is 3.20. The molecule has 1 aromatic heterocycles. The van der Waals surface area contributed by atoms with Gasteiger partial charge in [-0.05, 0) is 54.6 Å². The third-order valence-electron chi connectivity index (χ3n) is 4.67. The molecular weight excluding hydrogens is 433 g/mol. The minimum absolute atomic E-state index is 0.0932. The standard InChI is InChI=1S/C22H14F5N3O2/c1-32-15-7-9-19-18(11-15)29-21(22(25,26)27)30(19)14-5-3-13(4-6-14)28-20(31)16-10-12(23)2-8-17(16)24/h2-11H,1H3,(H,28,31). The predicted octanol–water partition coefficient (Wildman–Crippen LogP) is 5.58. The second kappa shape index (κ2) is 7.95. The molecule has 0 bridgehead atoms. The molecule has 32 heavy (non-hydrogen) atoms. The van der Waals surface area contributed by atoms with Crippen LogP contribution in [0.25, 0.3) is 16.7 Å². The van der Waals surface area contributed by atoms with Gasteiger partial charge in [0.25, 0.3) is 5.91 Å². The average molecular weight is 447 g/mol. The lowest BCUT2D eigenvalue weighted by molar-refractivity contribution is -0.145. The first-order valence-electron chi connectivity index (χ1n) is 9.18. The monoisotopic (exact) mass is 447 g/mol. The number of hydrogen-bond acceptors (Lipinski definition) is 3. The molecule has 0 atom stereocenters. The molecule has 0 saturated heterocycles. The van der Waals surface area contributed by atoms with E-state index >= 15 is 0 Å². The van der Waals surface area contributed by atoms with Gasteiger partial charge in [0.15, 0.2) is 0 Å². The number of amides is 1. The number of hydrogen-bond donors (Lipinski definition) is 1. The summed E-state index contributed by atoms with van der Waals surface area (Å²) >= 11 is 0. The Morgan fingerprint density at radius 3 is 2.38 bits per heavy atom. The Kier molecular flexibility index (Phi) is 5.29.